The Morgan fingerprint density at radius 1 is 0.714 bits per heavy atom. The van der Waals surface area contributed by atoms with Gasteiger partial charge in [0, 0.05) is 22.9 Å². The van der Waals surface area contributed by atoms with Crippen LogP contribution >= 0.6 is 11.8 Å². The molecule has 0 saturated carbocycles. The van der Waals surface area contributed by atoms with Crippen molar-refractivity contribution in [2.45, 2.75) is 12.2 Å². The maximum Gasteiger partial charge on any atom is 0.0880 e. The third-order valence-electron chi connectivity index (χ3n) is 3.19. The second kappa shape index (κ2) is 7.36. The van der Waals surface area contributed by atoms with Crippen molar-refractivity contribution in [2.75, 3.05) is 23.0 Å². The van der Waals surface area contributed by atoms with Crippen LogP contribution in [0.3, 0.4) is 0 Å². The van der Waals surface area contributed by atoms with Gasteiger partial charge in [-0.2, -0.15) is 11.8 Å². The summed E-state index contributed by atoms with van der Waals surface area (Å²) < 4.78 is 0. The molecule has 0 aliphatic carbocycles. The van der Waals surface area contributed by atoms with Gasteiger partial charge in [-0.1, -0.05) is 24.3 Å². The van der Waals surface area contributed by atoms with Crippen molar-refractivity contribution in [3.05, 3.63) is 59.7 Å². The van der Waals surface area contributed by atoms with Gasteiger partial charge in [0.25, 0.3) is 0 Å². The van der Waals surface area contributed by atoms with Crippen molar-refractivity contribution in [1.82, 2.24) is 0 Å². The van der Waals surface area contributed by atoms with E-state index in [0.29, 0.717) is 22.9 Å². The van der Waals surface area contributed by atoms with Crippen LogP contribution < -0.4 is 11.5 Å². The fourth-order valence-electron chi connectivity index (χ4n) is 1.92. The van der Waals surface area contributed by atoms with Gasteiger partial charge in [-0.15, -0.1) is 0 Å². The van der Waals surface area contributed by atoms with Gasteiger partial charge in [0.1, 0.15) is 0 Å². The smallest absolute Gasteiger partial charge is 0.0880 e. The summed E-state index contributed by atoms with van der Waals surface area (Å²) in [5, 5.41) is 20.1. The summed E-state index contributed by atoms with van der Waals surface area (Å²) in [7, 11) is 0. The first kappa shape index (κ1) is 15.7. The maximum absolute atomic E-state index is 10.1. The molecule has 0 heterocycles. The molecule has 2 aromatic rings. The molecule has 4 nitrogen and oxygen atoms in total. The van der Waals surface area contributed by atoms with Crippen LogP contribution in [0.25, 0.3) is 0 Å². The monoisotopic (exact) mass is 304 g/mol. The average molecular weight is 304 g/mol. The summed E-state index contributed by atoms with van der Waals surface area (Å²) in [5.74, 6) is 1.05. The number of aliphatic hydroxyl groups is 2. The highest BCUT2D eigenvalue weighted by Gasteiger charge is 2.11. The summed E-state index contributed by atoms with van der Waals surface area (Å²) in [5.41, 5.74) is 14.2. The van der Waals surface area contributed by atoms with E-state index in [0.717, 1.165) is 11.1 Å². The number of anilines is 2. The number of hydrogen-bond donors (Lipinski definition) is 4. The van der Waals surface area contributed by atoms with Crippen molar-refractivity contribution in [1.29, 1.82) is 0 Å². The first-order valence-electron chi connectivity index (χ1n) is 6.71. The zero-order valence-corrected chi connectivity index (χ0v) is 12.5. The predicted molar refractivity (Wildman–Crippen MR) is 89.0 cm³/mol. The maximum atomic E-state index is 10.1. The van der Waals surface area contributed by atoms with Crippen molar-refractivity contribution < 1.29 is 10.2 Å². The van der Waals surface area contributed by atoms with Gasteiger partial charge in [-0.3, -0.25) is 0 Å². The molecule has 0 saturated heterocycles. The summed E-state index contributed by atoms with van der Waals surface area (Å²) in [6.45, 7) is 0. The van der Waals surface area contributed by atoms with Crippen LogP contribution in [0.15, 0.2) is 48.5 Å². The lowest BCUT2D eigenvalue weighted by atomic mass is 10.1. The van der Waals surface area contributed by atoms with Crippen molar-refractivity contribution in [3.63, 3.8) is 0 Å². The number of rotatable bonds is 6. The zero-order chi connectivity index (χ0) is 15.2. The lowest BCUT2D eigenvalue weighted by molar-refractivity contribution is 0.198. The van der Waals surface area contributed by atoms with Crippen LogP contribution in [0.1, 0.15) is 23.3 Å². The van der Waals surface area contributed by atoms with Crippen LogP contribution in [0.4, 0.5) is 11.4 Å². The molecule has 0 amide bonds. The molecular formula is C16H20N2O2S. The summed E-state index contributed by atoms with van der Waals surface area (Å²) >= 11 is 1.51. The molecule has 0 aliphatic heterocycles. The van der Waals surface area contributed by atoms with Gasteiger partial charge >= 0.3 is 0 Å². The van der Waals surface area contributed by atoms with Gasteiger partial charge in [0.15, 0.2) is 0 Å². The van der Waals surface area contributed by atoms with Crippen molar-refractivity contribution >= 4 is 23.1 Å². The molecule has 0 radical (unpaired) electrons. The lowest BCUT2D eigenvalue weighted by Gasteiger charge is -2.14. The fraction of sp³-hybridized carbons (Fsp3) is 0.250. The Hall–Kier alpha value is -1.69. The number of nitrogens with two attached hydrogens (primary N) is 2. The van der Waals surface area contributed by atoms with Crippen molar-refractivity contribution in [2.24, 2.45) is 0 Å². The standard InChI is InChI=1S/C16H20N2O2S/c17-13-5-1-11(2-6-13)15(19)9-21-10-16(20)12-3-7-14(18)8-4-12/h1-8,15-16,19-20H,9-10,17-18H2. The van der Waals surface area contributed by atoms with Gasteiger partial charge in [0.05, 0.1) is 12.2 Å². The topological polar surface area (TPSA) is 92.5 Å². The molecule has 0 bridgehead atoms. The van der Waals surface area contributed by atoms with Crippen molar-refractivity contribution in [3.8, 4) is 0 Å². The van der Waals surface area contributed by atoms with Crippen LogP contribution in [0, 0.1) is 0 Å². The molecule has 2 atom stereocenters. The van der Waals surface area contributed by atoms with E-state index >= 15 is 0 Å². The Morgan fingerprint density at radius 2 is 1.05 bits per heavy atom. The van der Waals surface area contributed by atoms with E-state index in [1.165, 1.54) is 11.8 Å². The summed E-state index contributed by atoms with van der Waals surface area (Å²) in [6, 6.07) is 14.3. The van der Waals surface area contributed by atoms with E-state index in [2.05, 4.69) is 0 Å². The first-order valence-corrected chi connectivity index (χ1v) is 7.86. The third-order valence-corrected chi connectivity index (χ3v) is 4.30. The first-order chi connectivity index (χ1) is 10.1. The Morgan fingerprint density at radius 3 is 1.38 bits per heavy atom. The average Bonchev–Trinajstić information content (AvgIpc) is 2.48. The molecule has 0 fully saturated rings. The van der Waals surface area contributed by atoms with Gasteiger partial charge in [0.2, 0.25) is 0 Å². The van der Waals surface area contributed by atoms with E-state index in [9.17, 15) is 10.2 Å². The largest absolute Gasteiger partial charge is 0.399 e. The fourth-order valence-corrected chi connectivity index (χ4v) is 2.89. The summed E-state index contributed by atoms with van der Waals surface area (Å²) in [6.07, 6.45) is -1.12. The Labute approximate surface area is 128 Å². The molecule has 2 rings (SSSR count). The summed E-state index contributed by atoms with van der Waals surface area (Å²) in [4.78, 5) is 0. The second-order valence-corrected chi connectivity index (χ2v) is 5.98. The van der Waals surface area contributed by atoms with E-state index in [1.807, 2.05) is 24.3 Å². The van der Waals surface area contributed by atoms with Crippen LogP contribution in [0.5, 0.6) is 0 Å². The Bertz CT molecular complexity index is 506. The van der Waals surface area contributed by atoms with E-state index < -0.39 is 12.2 Å². The minimum absolute atomic E-state index is 0.524. The highest BCUT2D eigenvalue weighted by atomic mass is 32.2. The second-order valence-electron chi connectivity index (χ2n) is 4.90. The molecular weight excluding hydrogens is 284 g/mol. The SMILES string of the molecule is Nc1ccc(C(O)CSCC(O)c2ccc(N)cc2)cc1. The molecule has 0 aromatic heterocycles. The molecule has 112 valence electrons. The Balaban J connectivity index is 1.80. The predicted octanol–water partition coefficient (Wildman–Crippen LogP) is 2.35. The number of benzene rings is 2. The van der Waals surface area contributed by atoms with Gasteiger partial charge < -0.3 is 21.7 Å². The molecule has 21 heavy (non-hydrogen) atoms. The number of hydrogen-bond acceptors (Lipinski definition) is 5. The normalized spacial score (nSPS) is 13.8. The van der Waals surface area contributed by atoms with Crippen LogP contribution in [-0.4, -0.2) is 21.7 Å². The molecule has 0 spiro atoms. The zero-order valence-electron chi connectivity index (χ0n) is 11.6. The quantitative estimate of drug-likeness (QED) is 0.615. The number of aliphatic hydroxyl groups excluding tert-OH is 2. The molecule has 2 aromatic carbocycles. The Kier molecular flexibility index (Phi) is 5.50. The van der Waals surface area contributed by atoms with Crippen LogP contribution in [0.2, 0.25) is 0 Å². The van der Waals surface area contributed by atoms with E-state index in [1.54, 1.807) is 24.3 Å². The number of thioether (sulfide) groups is 1. The molecule has 2 unspecified atom stereocenters. The third kappa shape index (κ3) is 4.67. The highest BCUT2D eigenvalue weighted by molar-refractivity contribution is 7.99. The molecule has 0 aliphatic rings. The van der Waals surface area contributed by atoms with E-state index in [-0.39, 0.29) is 0 Å². The minimum atomic E-state index is -0.561. The highest BCUT2D eigenvalue weighted by Crippen LogP contribution is 2.24. The molecule has 6 N–H and O–H groups in total. The van der Waals surface area contributed by atoms with Crippen LogP contribution in [-0.2, 0) is 0 Å². The van der Waals surface area contributed by atoms with Gasteiger partial charge in [-0.25, -0.2) is 0 Å². The number of nitrogen functional groups attached to an aromatic ring is 2. The minimum Gasteiger partial charge on any atom is -0.399 e. The van der Waals surface area contributed by atoms with E-state index in [4.69, 9.17) is 11.5 Å². The van der Waals surface area contributed by atoms with Gasteiger partial charge in [-0.05, 0) is 35.4 Å². The lowest BCUT2D eigenvalue weighted by Crippen LogP contribution is -2.05. The molecule has 5 heteroatoms.